The summed E-state index contributed by atoms with van der Waals surface area (Å²) in [5.41, 5.74) is 3.78. The van der Waals surface area contributed by atoms with Gasteiger partial charge in [0.2, 0.25) is 0 Å². The Morgan fingerprint density at radius 1 is 1.25 bits per heavy atom. The summed E-state index contributed by atoms with van der Waals surface area (Å²) >= 11 is 0. The molecule has 2 aliphatic heterocycles. The molecule has 0 spiro atoms. The number of hydrogen-bond acceptors (Lipinski definition) is 2. The smallest absolute Gasteiger partial charge is 0.0371 e. The number of fused-ring (bicyclic) bond motifs is 1. The highest BCUT2D eigenvalue weighted by Gasteiger charge is 2.38. The Hall–Kier alpha value is -1.54. The van der Waals surface area contributed by atoms with E-state index in [1.807, 2.05) is 6.08 Å². The lowest BCUT2D eigenvalue weighted by molar-refractivity contribution is 0.167. The number of piperidine rings is 1. The minimum Gasteiger partial charge on any atom is -0.342 e. The molecule has 1 aliphatic carbocycles. The molecule has 3 rings (SSSR count). The summed E-state index contributed by atoms with van der Waals surface area (Å²) < 4.78 is 0. The summed E-state index contributed by atoms with van der Waals surface area (Å²) in [6, 6.07) is 0.586. The normalized spacial score (nSPS) is 27.7. The molecule has 106 valence electrons. The molecule has 1 atom stereocenters. The summed E-state index contributed by atoms with van der Waals surface area (Å²) in [6.45, 7) is 15.7. The third kappa shape index (κ3) is 2.18. The molecule has 2 heterocycles. The van der Waals surface area contributed by atoms with Crippen molar-refractivity contribution in [3.8, 4) is 0 Å². The maximum atomic E-state index is 4.30. The number of allylic oxidation sites excluding steroid dienone is 5. The first-order chi connectivity index (χ1) is 9.72. The van der Waals surface area contributed by atoms with Gasteiger partial charge in [-0.15, -0.1) is 6.58 Å². The molecule has 0 aromatic rings. The molecule has 1 unspecified atom stereocenters. The Balaban J connectivity index is 1.75. The molecule has 2 heteroatoms. The van der Waals surface area contributed by atoms with Crippen molar-refractivity contribution in [1.29, 1.82) is 0 Å². The van der Waals surface area contributed by atoms with Gasteiger partial charge in [-0.1, -0.05) is 31.4 Å². The second-order valence-corrected chi connectivity index (χ2v) is 5.97. The van der Waals surface area contributed by atoms with Crippen LogP contribution in [0.2, 0.25) is 0 Å². The first-order valence-corrected chi connectivity index (χ1v) is 7.59. The van der Waals surface area contributed by atoms with Gasteiger partial charge in [0, 0.05) is 43.0 Å². The average molecular weight is 268 g/mol. The van der Waals surface area contributed by atoms with Crippen molar-refractivity contribution in [2.24, 2.45) is 5.92 Å². The van der Waals surface area contributed by atoms with E-state index in [9.17, 15) is 0 Å². The highest BCUT2D eigenvalue weighted by molar-refractivity contribution is 5.46. The first kappa shape index (κ1) is 13.4. The fourth-order valence-corrected chi connectivity index (χ4v) is 3.67. The van der Waals surface area contributed by atoms with Crippen molar-refractivity contribution in [3.05, 3.63) is 61.0 Å². The Morgan fingerprint density at radius 2 is 2.00 bits per heavy atom. The Morgan fingerprint density at radius 3 is 2.70 bits per heavy atom. The highest BCUT2D eigenvalue weighted by atomic mass is 15.2. The number of hydrogen-bond donors (Lipinski definition) is 0. The second-order valence-electron chi connectivity index (χ2n) is 5.97. The van der Waals surface area contributed by atoms with Crippen LogP contribution in [0.5, 0.6) is 0 Å². The van der Waals surface area contributed by atoms with Crippen LogP contribution < -0.4 is 0 Å². The fourth-order valence-electron chi connectivity index (χ4n) is 3.67. The van der Waals surface area contributed by atoms with E-state index < -0.39 is 0 Å². The average Bonchev–Trinajstić information content (AvgIpc) is 2.73. The van der Waals surface area contributed by atoms with Gasteiger partial charge >= 0.3 is 0 Å². The van der Waals surface area contributed by atoms with Gasteiger partial charge in [-0.2, -0.15) is 0 Å². The van der Waals surface area contributed by atoms with Gasteiger partial charge in [-0.25, -0.2) is 0 Å². The Bertz CT molecular complexity index is 490. The van der Waals surface area contributed by atoms with E-state index in [2.05, 4.69) is 47.8 Å². The van der Waals surface area contributed by atoms with Crippen LogP contribution in [0.1, 0.15) is 19.3 Å². The van der Waals surface area contributed by atoms with Crippen LogP contribution in [0.25, 0.3) is 0 Å². The van der Waals surface area contributed by atoms with Crippen LogP contribution in [0.15, 0.2) is 61.0 Å². The minimum absolute atomic E-state index is 0.471. The van der Waals surface area contributed by atoms with Crippen LogP contribution in [-0.4, -0.2) is 35.5 Å². The maximum absolute atomic E-state index is 4.30. The van der Waals surface area contributed by atoms with Crippen molar-refractivity contribution in [2.45, 2.75) is 25.3 Å². The Labute approximate surface area is 122 Å². The lowest BCUT2D eigenvalue weighted by Gasteiger charge is -2.38. The van der Waals surface area contributed by atoms with E-state index in [0.29, 0.717) is 12.0 Å². The van der Waals surface area contributed by atoms with E-state index >= 15 is 0 Å². The fraction of sp³-hybridized carbons (Fsp3) is 0.444. The largest absolute Gasteiger partial charge is 0.342 e. The summed E-state index contributed by atoms with van der Waals surface area (Å²) in [4.78, 5) is 4.95. The zero-order valence-electron chi connectivity index (χ0n) is 12.2. The van der Waals surface area contributed by atoms with Gasteiger partial charge in [-0.05, 0) is 30.9 Å². The van der Waals surface area contributed by atoms with Crippen molar-refractivity contribution < 1.29 is 0 Å². The third-order valence-corrected chi connectivity index (χ3v) is 4.80. The summed E-state index contributed by atoms with van der Waals surface area (Å²) in [5, 5.41) is 0. The third-order valence-electron chi connectivity index (χ3n) is 4.80. The van der Waals surface area contributed by atoms with E-state index in [1.165, 1.54) is 24.1 Å². The molecule has 20 heavy (non-hydrogen) atoms. The lowest BCUT2D eigenvalue weighted by atomic mass is 9.93. The molecule has 3 aliphatic rings. The number of nitrogens with zero attached hydrogens (tertiary/aromatic N) is 2. The van der Waals surface area contributed by atoms with Gasteiger partial charge in [0.05, 0.1) is 0 Å². The van der Waals surface area contributed by atoms with Gasteiger partial charge in [0.15, 0.2) is 0 Å². The predicted octanol–water partition coefficient (Wildman–Crippen LogP) is 3.48. The standard InChI is InChI=1S/C18H24N2/c1-4-11-19-12-9-16(10-13-19)20-15(3)14(2)17-7-5-6-8-18(17)20/h4-6,8,16-17H,1-3,7,9-13H2. The molecule has 0 N–H and O–H groups in total. The van der Waals surface area contributed by atoms with E-state index in [0.717, 1.165) is 31.8 Å². The zero-order chi connectivity index (χ0) is 14.1. The molecule has 0 saturated carbocycles. The summed E-state index contributed by atoms with van der Waals surface area (Å²) in [6.07, 6.45) is 12.2. The van der Waals surface area contributed by atoms with Crippen LogP contribution in [0.3, 0.4) is 0 Å². The molecule has 2 saturated heterocycles. The molecular formula is C18H24N2. The van der Waals surface area contributed by atoms with Gasteiger partial charge in [0.25, 0.3) is 0 Å². The molecule has 2 fully saturated rings. The first-order valence-electron chi connectivity index (χ1n) is 7.59. The van der Waals surface area contributed by atoms with Crippen molar-refractivity contribution in [2.75, 3.05) is 19.6 Å². The van der Waals surface area contributed by atoms with Crippen LogP contribution >= 0.6 is 0 Å². The number of likely N-dealkylation sites (tertiary alicyclic amines) is 2. The van der Waals surface area contributed by atoms with Crippen molar-refractivity contribution in [3.63, 3.8) is 0 Å². The predicted molar refractivity (Wildman–Crippen MR) is 85.1 cm³/mol. The molecule has 2 nitrogen and oxygen atoms in total. The van der Waals surface area contributed by atoms with Crippen LogP contribution in [-0.2, 0) is 0 Å². The van der Waals surface area contributed by atoms with Gasteiger partial charge in [-0.3, -0.25) is 4.90 Å². The zero-order valence-corrected chi connectivity index (χ0v) is 12.2. The second kappa shape index (κ2) is 5.45. The highest BCUT2D eigenvalue weighted by Crippen LogP contribution is 2.45. The lowest BCUT2D eigenvalue weighted by Crippen LogP contribution is -2.42. The van der Waals surface area contributed by atoms with Crippen LogP contribution in [0.4, 0.5) is 0 Å². The van der Waals surface area contributed by atoms with Crippen molar-refractivity contribution >= 4 is 0 Å². The van der Waals surface area contributed by atoms with E-state index in [-0.39, 0.29) is 0 Å². The summed E-state index contributed by atoms with van der Waals surface area (Å²) in [5.74, 6) is 0.471. The molecule has 0 amide bonds. The summed E-state index contributed by atoms with van der Waals surface area (Å²) in [7, 11) is 0. The SMILES string of the molecule is C=CCN1CCC(N2C(=C)C(=C)C3CC=CC=C32)CC1. The van der Waals surface area contributed by atoms with Gasteiger partial charge < -0.3 is 4.90 Å². The molecule has 0 radical (unpaired) electrons. The monoisotopic (exact) mass is 268 g/mol. The molecular weight excluding hydrogens is 244 g/mol. The maximum Gasteiger partial charge on any atom is 0.0371 e. The van der Waals surface area contributed by atoms with Gasteiger partial charge in [0.1, 0.15) is 0 Å². The van der Waals surface area contributed by atoms with Crippen LogP contribution in [0, 0.1) is 5.92 Å². The molecule has 0 aromatic carbocycles. The van der Waals surface area contributed by atoms with E-state index in [1.54, 1.807) is 0 Å². The quantitative estimate of drug-likeness (QED) is 0.723. The number of rotatable bonds is 3. The van der Waals surface area contributed by atoms with Crippen molar-refractivity contribution in [1.82, 2.24) is 9.80 Å². The minimum atomic E-state index is 0.471. The molecule has 0 aromatic heterocycles. The molecule has 0 bridgehead atoms. The van der Waals surface area contributed by atoms with E-state index in [4.69, 9.17) is 0 Å². The topological polar surface area (TPSA) is 6.48 Å². The Kier molecular flexibility index (Phi) is 3.66.